The van der Waals surface area contributed by atoms with Gasteiger partial charge in [0.25, 0.3) is 0 Å². The first-order valence-corrected chi connectivity index (χ1v) is 6.96. The molecule has 2 atom stereocenters. The van der Waals surface area contributed by atoms with Crippen molar-refractivity contribution >= 4 is 6.29 Å². The van der Waals surface area contributed by atoms with Gasteiger partial charge in [0.1, 0.15) is 6.29 Å². The standard InChI is InChI=1S/C16H23NO2/c1-16(13-18,14-7-4-3-5-8-14)12-17(2)11-15-9-6-10-19-15/h3-5,7-8,13,15H,6,9-12H2,1-2H3. The van der Waals surface area contributed by atoms with Gasteiger partial charge in [0.15, 0.2) is 0 Å². The number of ether oxygens (including phenoxy) is 1. The fraction of sp³-hybridized carbons (Fsp3) is 0.562. The maximum absolute atomic E-state index is 11.5. The molecule has 0 N–H and O–H groups in total. The van der Waals surface area contributed by atoms with Crippen LogP contribution in [0.3, 0.4) is 0 Å². The molecule has 0 aromatic heterocycles. The van der Waals surface area contributed by atoms with E-state index in [2.05, 4.69) is 11.9 Å². The Morgan fingerprint density at radius 3 is 2.74 bits per heavy atom. The van der Waals surface area contributed by atoms with Gasteiger partial charge >= 0.3 is 0 Å². The highest BCUT2D eigenvalue weighted by Crippen LogP contribution is 2.23. The van der Waals surface area contributed by atoms with Crippen LogP contribution < -0.4 is 0 Å². The van der Waals surface area contributed by atoms with Gasteiger partial charge in [-0.15, -0.1) is 0 Å². The number of carbonyl (C=O) groups is 1. The maximum atomic E-state index is 11.5. The topological polar surface area (TPSA) is 29.5 Å². The van der Waals surface area contributed by atoms with Gasteiger partial charge in [0, 0.05) is 19.7 Å². The SMILES string of the molecule is CN(CC1CCCO1)CC(C)(C=O)c1ccccc1. The third kappa shape index (κ3) is 3.64. The lowest BCUT2D eigenvalue weighted by atomic mass is 9.83. The molecule has 0 saturated carbocycles. The number of hydrogen-bond donors (Lipinski definition) is 0. The predicted octanol–water partition coefficient (Wildman–Crippen LogP) is 2.25. The molecule has 2 rings (SSSR count). The summed E-state index contributed by atoms with van der Waals surface area (Å²) in [6.07, 6.45) is 3.68. The van der Waals surface area contributed by atoms with Crippen LogP contribution in [0.1, 0.15) is 25.3 Å². The molecule has 0 amide bonds. The van der Waals surface area contributed by atoms with E-state index in [-0.39, 0.29) is 0 Å². The molecule has 0 aliphatic carbocycles. The van der Waals surface area contributed by atoms with E-state index in [1.807, 2.05) is 37.3 Å². The average Bonchev–Trinajstić information content (AvgIpc) is 2.92. The summed E-state index contributed by atoms with van der Waals surface area (Å²) in [5.74, 6) is 0. The fourth-order valence-corrected chi connectivity index (χ4v) is 2.78. The highest BCUT2D eigenvalue weighted by atomic mass is 16.5. The van der Waals surface area contributed by atoms with E-state index in [1.54, 1.807) is 0 Å². The third-order valence-electron chi connectivity index (χ3n) is 3.83. The highest BCUT2D eigenvalue weighted by molar-refractivity contribution is 5.68. The maximum Gasteiger partial charge on any atom is 0.131 e. The minimum absolute atomic E-state index is 0.330. The second-order valence-electron chi connectivity index (χ2n) is 5.73. The van der Waals surface area contributed by atoms with Gasteiger partial charge in [0.05, 0.1) is 11.5 Å². The Labute approximate surface area is 115 Å². The number of nitrogens with zero attached hydrogens (tertiary/aromatic N) is 1. The first-order chi connectivity index (χ1) is 9.14. The molecule has 3 heteroatoms. The summed E-state index contributed by atoms with van der Waals surface area (Å²) in [5, 5.41) is 0. The number of hydrogen-bond acceptors (Lipinski definition) is 3. The lowest BCUT2D eigenvalue weighted by Gasteiger charge is -2.30. The van der Waals surface area contributed by atoms with Gasteiger partial charge in [-0.3, -0.25) is 0 Å². The Morgan fingerprint density at radius 1 is 1.42 bits per heavy atom. The fourth-order valence-electron chi connectivity index (χ4n) is 2.78. The average molecular weight is 261 g/mol. The molecule has 1 heterocycles. The van der Waals surface area contributed by atoms with Crippen molar-refractivity contribution in [1.29, 1.82) is 0 Å². The van der Waals surface area contributed by atoms with Crippen molar-refractivity contribution in [1.82, 2.24) is 4.90 Å². The summed E-state index contributed by atoms with van der Waals surface area (Å²) in [6, 6.07) is 9.99. The van der Waals surface area contributed by atoms with Crippen LogP contribution in [0, 0.1) is 0 Å². The normalized spacial score (nSPS) is 22.4. The molecule has 1 aromatic carbocycles. The summed E-state index contributed by atoms with van der Waals surface area (Å²) in [6.45, 7) is 4.50. The van der Waals surface area contributed by atoms with E-state index in [0.29, 0.717) is 6.10 Å². The zero-order valence-corrected chi connectivity index (χ0v) is 11.8. The molecule has 1 aliphatic heterocycles. The van der Waals surface area contributed by atoms with E-state index in [9.17, 15) is 4.79 Å². The van der Waals surface area contributed by atoms with Gasteiger partial charge in [-0.1, -0.05) is 30.3 Å². The van der Waals surface area contributed by atoms with Gasteiger partial charge in [0.2, 0.25) is 0 Å². The first-order valence-electron chi connectivity index (χ1n) is 6.96. The van der Waals surface area contributed by atoms with E-state index >= 15 is 0 Å². The van der Waals surface area contributed by atoms with Crippen LogP contribution in [-0.2, 0) is 14.9 Å². The number of likely N-dealkylation sites (N-methyl/N-ethyl adjacent to an activating group) is 1. The van der Waals surface area contributed by atoms with E-state index in [1.165, 1.54) is 0 Å². The van der Waals surface area contributed by atoms with E-state index in [4.69, 9.17) is 4.74 Å². The Hall–Kier alpha value is -1.19. The third-order valence-corrected chi connectivity index (χ3v) is 3.83. The summed E-state index contributed by atoms with van der Waals surface area (Å²) in [4.78, 5) is 13.7. The Kier molecular flexibility index (Phi) is 4.72. The first kappa shape index (κ1) is 14.2. The quantitative estimate of drug-likeness (QED) is 0.736. The minimum Gasteiger partial charge on any atom is -0.377 e. The lowest BCUT2D eigenvalue weighted by Crippen LogP contribution is -2.41. The van der Waals surface area contributed by atoms with Crippen molar-refractivity contribution in [2.45, 2.75) is 31.3 Å². The molecule has 3 nitrogen and oxygen atoms in total. The molecular formula is C16H23NO2. The summed E-state index contributed by atoms with van der Waals surface area (Å²) >= 11 is 0. The van der Waals surface area contributed by atoms with Crippen LogP contribution in [0.4, 0.5) is 0 Å². The number of aldehydes is 1. The Bertz CT molecular complexity index is 400. The Balaban J connectivity index is 1.99. The van der Waals surface area contributed by atoms with Crippen LogP contribution >= 0.6 is 0 Å². The molecule has 1 saturated heterocycles. The minimum atomic E-state index is -0.450. The predicted molar refractivity (Wildman–Crippen MR) is 76.3 cm³/mol. The monoisotopic (exact) mass is 261 g/mol. The van der Waals surface area contributed by atoms with Crippen LogP contribution in [-0.4, -0.2) is 44.0 Å². The van der Waals surface area contributed by atoms with Crippen molar-refractivity contribution in [3.05, 3.63) is 35.9 Å². The van der Waals surface area contributed by atoms with Crippen LogP contribution in [0.5, 0.6) is 0 Å². The van der Waals surface area contributed by atoms with Crippen molar-refractivity contribution in [2.75, 3.05) is 26.7 Å². The molecule has 104 valence electrons. The van der Waals surface area contributed by atoms with E-state index in [0.717, 1.165) is 44.4 Å². The smallest absolute Gasteiger partial charge is 0.131 e. The zero-order chi connectivity index (χ0) is 13.7. The summed E-state index contributed by atoms with van der Waals surface area (Å²) in [5.41, 5.74) is 0.624. The molecule has 19 heavy (non-hydrogen) atoms. The van der Waals surface area contributed by atoms with Crippen molar-refractivity contribution in [2.24, 2.45) is 0 Å². The van der Waals surface area contributed by atoms with E-state index < -0.39 is 5.41 Å². The van der Waals surface area contributed by atoms with Crippen LogP contribution in [0.2, 0.25) is 0 Å². The summed E-state index contributed by atoms with van der Waals surface area (Å²) < 4.78 is 5.65. The second kappa shape index (κ2) is 6.31. The van der Waals surface area contributed by atoms with Gasteiger partial charge in [-0.25, -0.2) is 0 Å². The van der Waals surface area contributed by atoms with Crippen molar-refractivity contribution < 1.29 is 9.53 Å². The molecule has 0 radical (unpaired) electrons. The van der Waals surface area contributed by atoms with Crippen LogP contribution in [0.25, 0.3) is 0 Å². The largest absolute Gasteiger partial charge is 0.377 e. The molecular weight excluding hydrogens is 238 g/mol. The zero-order valence-electron chi connectivity index (χ0n) is 11.8. The highest BCUT2D eigenvalue weighted by Gasteiger charge is 2.29. The molecule has 1 aromatic rings. The molecule has 1 aliphatic rings. The van der Waals surface area contributed by atoms with Crippen LogP contribution in [0.15, 0.2) is 30.3 Å². The Morgan fingerprint density at radius 2 is 2.16 bits per heavy atom. The number of benzene rings is 1. The van der Waals surface area contributed by atoms with Gasteiger partial charge in [-0.2, -0.15) is 0 Å². The van der Waals surface area contributed by atoms with Crippen molar-refractivity contribution in [3.63, 3.8) is 0 Å². The molecule has 1 fully saturated rings. The van der Waals surface area contributed by atoms with Gasteiger partial charge in [-0.05, 0) is 32.4 Å². The second-order valence-corrected chi connectivity index (χ2v) is 5.73. The molecule has 0 spiro atoms. The molecule has 0 bridgehead atoms. The van der Waals surface area contributed by atoms with Gasteiger partial charge < -0.3 is 14.4 Å². The number of carbonyl (C=O) groups excluding carboxylic acids is 1. The molecule has 2 unspecified atom stereocenters. The van der Waals surface area contributed by atoms with Crippen molar-refractivity contribution in [3.8, 4) is 0 Å². The number of rotatable bonds is 6. The lowest BCUT2D eigenvalue weighted by molar-refractivity contribution is -0.112. The summed E-state index contributed by atoms with van der Waals surface area (Å²) in [7, 11) is 2.06.